The number of hydrogen-bond acceptors (Lipinski definition) is 4. The van der Waals surface area contributed by atoms with E-state index < -0.39 is 0 Å². The quantitative estimate of drug-likeness (QED) is 0.901. The minimum Gasteiger partial charge on any atom is -0.375 e. The van der Waals surface area contributed by atoms with Crippen molar-refractivity contribution in [3.05, 3.63) is 16.1 Å². The maximum atomic E-state index is 6.35. The van der Waals surface area contributed by atoms with E-state index in [1.807, 2.05) is 6.92 Å². The summed E-state index contributed by atoms with van der Waals surface area (Å²) >= 11 is 1.69. The van der Waals surface area contributed by atoms with E-state index >= 15 is 0 Å². The van der Waals surface area contributed by atoms with Gasteiger partial charge in [-0.15, -0.1) is 11.3 Å². The summed E-state index contributed by atoms with van der Waals surface area (Å²) in [4.78, 5) is 4.49. The molecule has 0 saturated carbocycles. The highest BCUT2D eigenvalue weighted by atomic mass is 32.1. The van der Waals surface area contributed by atoms with Crippen molar-refractivity contribution in [3.8, 4) is 0 Å². The maximum absolute atomic E-state index is 6.35. The van der Waals surface area contributed by atoms with Crippen LogP contribution in [0, 0.1) is 18.8 Å². The highest BCUT2D eigenvalue weighted by Crippen LogP contribution is 2.34. The van der Waals surface area contributed by atoms with Crippen molar-refractivity contribution < 1.29 is 4.74 Å². The molecule has 0 aliphatic carbocycles. The minimum absolute atomic E-state index is 0.145. The molecule has 2 N–H and O–H groups in total. The van der Waals surface area contributed by atoms with Crippen LogP contribution in [-0.4, -0.2) is 23.2 Å². The first-order chi connectivity index (χ1) is 7.99. The van der Waals surface area contributed by atoms with Crippen LogP contribution in [0.4, 0.5) is 0 Å². The normalized spacial score (nSPS) is 35.1. The first kappa shape index (κ1) is 13.0. The number of aromatic nitrogens is 1. The van der Waals surface area contributed by atoms with Gasteiger partial charge >= 0.3 is 0 Å². The van der Waals surface area contributed by atoms with Crippen LogP contribution in [0.2, 0.25) is 0 Å². The van der Waals surface area contributed by atoms with Gasteiger partial charge in [-0.1, -0.05) is 6.92 Å². The Morgan fingerprint density at radius 3 is 2.59 bits per heavy atom. The molecule has 1 aliphatic rings. The van der Waals surface area contributed by atoms with Gasteiger partial charge in [-0.3, -0.25) is 0 Å². The first-order valence-corrected chi connectivity index (χ1v) is 7.19. The fourth-order valence-corrected chi connectivity index (χ4v) is 3.54. The third kappa shape index (κ3) is 2.69. The molecule has 96 valence electrons. The minimum atomic E-state index is 0.145. The Kier molecular flexibility index (Phi) is 3.85. The van der Waals surface area contributed by atoms with Gasteiger partial charge in [0.1, 0.15) is 0 Å². The summed E-state index contributed by atoms with van der Waals surface area (Å²) in [5.41, 5.74) is 7.47. The van der Waals surface area contributed by atoms with Gasteiger partial charge < -0.3 is 10.5 Å². The number of aryl methyl sites for hydroxylation is 1. The first-order valence-electron chi connectivity index (χ1n) is 6.31. The molecule has 5 unspecified atom stereocenters. The molecule has 17 heavy (non-hydrogen) atoms. The number of hydrogen-bond donors (Lipinski definition) is 1. The standard InChI is InChI=1S/C13H22N2OS/c1-7-8(2)16-9(3)13(7)12(14)5-11-6-17-10(4)15-11/h6-9,12-13H,5,14H2,1-4H3. The van der Waals surface area contributed by atoms with Gasteiger partial charge in [-0.2, -0.15) is 0 Å². The molecule has 0 radical (unpaired) electrons. The predicted molar refractivity (Wildman–Crippen MR) is 71.2 cm³/mol. The van der Waals surface area contributed by atoms with E-state index in [4.69, 9.17) is 10.5 Å². The van der Waals surface area contributed by atoms with E-state index in [1.54, 1.807) is 11.3 Å². The number of thiazole rings is 1. The third-order valence-corrected chi connectivity index (χ3v) is 4.75. The lowest BCUT2D eigenvalue weighted by molar-refractivity contribution is 0.0490. The molecule has 0 bridgehead atoms. The van der Waals surface area contributed by atoms with Crippen molar-refractivity contribution in [2.24, 2.45) is 17.6 Å². The van der Waals surface area contributed by atoms with Crippen molar-refractivity contribution in [2.75, 3.05) is 0 Å². The highest BCUT2D eigenvalue weighted by Gasteiger charge is 2.40. The molecule has 1 aliphatic heterocycles. The van der Waals surface area contributed by atoms with Crippen LogP contribution in [0.3, 0.4) is 0 Å². The molecule has 1 saturated heterocycles. The lowest BCUT2D eigenvalue weighted by Crippen LogP contribution is -2.39. The van der Waals surface area contributed by atoms with Crippen molar-refractivity contribution in [2.45, 2.75) is 52.4 Å². The van der Waals surface area contributed by atoms with Gasteiger partial charge in [0.15, 0.2) is 0 Å². The van der Waals surface area contributed by atoms with E-state index in [9.17, 15) is 0 Å². The summed E-state index contributed by atoms with van der Waals surface area (Å²) < 4.78 is 5.85. The number of rotatable bonds is 3. The SMILES string of the molecule is Cc1nc(CC(N)C2C(C)OC(C)C2C)cs1. The zero-order valence-electron chi connectivity index (χ0n) is 11.0. The van der Waals surface area contributed by atoms with Crippen LogP contribution >= 0.6 is 11.3 Å². The largest absolute Gasteiger partial charge is 0.375 e. The molecule has 2 rings (SSSR count). The molecule has 0 aromatic carbocycles. The summed E-state index contributed by atoms with van der Waals surface area (Å²) in [5.74, 6) is 0.965. The van der Waals surface area contributed by atoms with Crippen molar-refractivity contribution in [1.82, 2.24) is 4.98 Å². The average Bonchev–Trinajstić information content (AvgIpc) is 2.73. The van der Waals surface area contributed by atoms with E-state index in [1.165, 1.54) is 0 Å². The monoisotopic (exact) mass is 254 g/mol. The Morgan fingerprint density at radius 1 is 1.41 bits per heavy atom. The van der Waals surface area contributed by atoms with E-state index in [0.29, 0.717) is 17.9 Å². The van der Waals surface area contributed by atoms with Gasteiger partial charge in [0.2, 0.25) is 0 Å². The van der Waals surface area contributed by atoms with Crippen LogP contribution in [0.25, 0.3) is 0 Å². The molecule has 4 heteroatoms. The maximum Gasteiger partial charge on any atom is 0.0897 e. The summed E-state index contributed by atoms with van der Waals surface area (Å²) in [7, 11) is 0. The zero-order valence-corrected chi connectivity index (χ0v) is 11.8. The summed E-state index contributed by atoms with van der Waals surface area (Å²) in [5, 5.41) is 3.23. The van der Waals surface area contributed by atoms with Crippen LogP contribution < -0.4 is 5.73 Å². The van der Waals surface area contributed by atoms with E-state index in [0.717, 1.165) is 17.1 Å². The molecule has 0 amide bonds. The second-order valence-electron chi connectivity index (χ2n) is 5.21. The van der Waals surface area contributed by atoms with Crippen LogP contribution in [-0.2, 0) is 11.2 Å². The summed E-state index contributed by atoms with van der Waals surface area (Å²) in [6, 6.07) is 0.145. The summed E-state index contributed by atoms with van der Waals surface area (Å²) in [6.07, 6.45) is 1.44. The fourth-order valence-electron chi connectivity index (χ4n) is 2.91. The topological polar surface area (TPSA) is 48.1 Å². The highest BCUT2D eigenvalue weighted by molar-refractivity contribution is 7.09. The van der Waals surface area contributed by atoms with Crippen molar-refractivity contribution in [1.29, 1.82) is 0 Å². The molecule has 1 fully saturated rings. The molecule has 5 atom stereocenters. The Balaban J connectivity index is 2.02. The molecule has 3 nitrogen and oxygen atoms in total. The average molecular weight is 254 g/mol. The molecular weight excluding hydrogens is 232 g/mol. The van der Waals surface area contributed by atoms with E-state index in [-0.39, 0.29) is 12.1 Å². The second-order valence-corrected chi connectivity index (χ2v) is 6.27. The molecule has 1 aromatic heterocycles. The van der Waals surface area contributed by atoms with Gasteiger partial charge in [-0.05, 0) is 26.7 Å². The van der Waals surface area contributed by atoms with Crippen molar-refractivity contribution in [3.63, 3.8) is 0 Å². The predicted octanol–water partition coefficient (Wildman–Crippen LogP) is 2.38. The lowest BCUT2D eigenvalue weighted by Gasteiger charge is -2.25. The van der Waals surface area contributed by atoms with Crippen molar-refractivity contribution >= 4 is 11.3 Å². The van der Waals surface area contributed by atoms with Crippen LogP contribution in [0.5, 0.6) is 0 Å². The molecule has 1 aromatic rings. The van der Waals surface area contributed by atoms with Crippen LogP contribution in [0.1, 0.15) is 31.5 Å². The van der Waals surface area contributed by atoms with E-state index in [2.05, 4.69) is 31.1 Å². The third-order valence-electron chi connectivity index (χ3n) is 3.92. The Morgan fingerprint density at radius 2 is 2.12 bits per heavy atom. The molecule has 0 spiro atoms. The van der Waals surface area contributed by atoms with Gasteiger partial charge in [-0.25, -0.2) is 4.98 Å². The van der Waals surface area contributed by atoms with Gasteiger partial charge in [0, 0.05) is 23.8 Å². The summed E-state index contributed by atoms with van der Waals surface area (Å²) in [6.45, 7) is 8.55. The van der Waals surface area contributed by atoms with Gasteiger partial charge in [0.25, 0.3) is 0 Å². The number of nitrogens with two attached hydrogens (primary N) is 1. The fraction of sp³-hybridized carbons (Fsp3) is 0.769. The Hall–Kier alpha value is -0.450. The smallest absolute Gasteiger partial charge is 0.0897 e. The van der Waals surface area contributed by atoms with Gasteiger partial charge in [0.05, 0.1) is 22.9 Å². The zero-order chi connectivity index (χ0) is 12.6. The Bertz CT molecular complexity index is 379. The lowest BCUT2D eigenvalue weighted by atomic mass is 9.82. The molecule has 2 heterocycles. The number of nitrogens with zero attached hydrogens (tertiary/aromatic N) is 1. The molecular formula is C13H22N2OS. The second kappa shape index (κ2) is 5.04. The Labute approximate surface area is 107 Å². The van der Waals surface area contributed by atoms with Crippen LogP contribution in [0.15, 0.2) is 5.38 Å². The number of ether oxygens (including phenoxy) is 1.